The number of nitrogens with zero attached hydrogens (tertiary/aromatic N) is 3. The van der Waals surface area contributed by atoms with Crippen LogP contribution in [0, 0.1) is 0 Å². The Morgan fingerprint density at radius 1 is 1.32 bits per heavy atom. The highest BCUT2D eigenvalue weighted by atomic mass is 35.5. The van der Waals surface area contributed by atoms with Crippen molar-refractivity contribution in [2.75, 3.05) is 7.11 Å². The van der Waals surface area contributed by atoms with Gasteiger partial charge in [0.15, 0.2) is 0 Å². The molecule has 0 fully saturated rings. The molecule has 0 bridgehead atoms. The molecule has 0 unspecified atom stereocenters. The molecule has 0 atom stereocenters. The lowest BCUT2D eigenvalue weighted by Crippen LogP contribution is -1.95. The fourth-order valence-electron chi connectivity index (χ4n) is 1.76. The summed E-state index contributed by atoms with van der Waals surface area (Å²) in [5.41, 5.74) is 10.1. The van der Waals surface area contributed by atoms with Crippen molar-refractivity contribution in [1.82, 2.24) is 0 Å². The minimum Gasteiger partial charge on any atom is -0.497 e. The Morgan fingerprint density at radius 3 is 2.68 bits per heavy atom. The first kappa shape index (κ1) is 16.2. The van der Waals surface area contributed by atoms with Crippen molar-refractivity contribution in [3.05, 3.63) is 69.1 Å². The first-order valence-corrected chi connectivity index (χ1v) is 7.65. The summed E-state index contributed by atoms with van der Waals surface area (Å²) in [7, 11) is 1.60. The summed E-state index contributed by atoms with van der Waals surface area (Å²) in [6, 6.07) is 12.1. The lowest BCUT2D eigenvalue weighted by atomic mass is 10.2. The number of hydrogen-bond acceptors (Lipinski definition) is 4. The summed E-state index contributed by atoms with van der Waals surface area (Å²) < 4.78 is 5.09. The van der Waals surface area contributed by atoms with Gasteiger partial charge in [0.2, 0.25) is 5.12 Å². The van der Waals surface area contributed by atoms with Gasteiger partial charge in [0.05, 0.1) is 7.11 Å². The molecule has 0 aliphatic carbocycles. The molecule has 0 spiro atoms. The molecule has 0 aromatic heterocycles. The van der Waals surface area contributed by atoms with Crippen molar-refractivity contribution in [2.45, 2.75) is 5.75 Å². The van der Waals surface area contributed by atoms with Gasteiger partial charge in [-0.15, -0.1) is 0 Å². The molecule has 0 radical (unpaired) electrons. The van der Waals surface area contributed by atoms with E-state index in [-0.39, 0.29) is 10.8 Å². The van der Waals surface area contributed by atoms with E-state index in [1.54, 1.807) is 13.2 Å². The molecule has 0 N–H and O–H groups in total. The van der Waals surface area contributed by atoms with Crippen LogP contribution in [0.3, 0.4) is 0 Å². The zero-order valence-corrected chi connectivity index (χ0v) is 13.3. The molecule has 0 aliphatic rings. The van der Waals surface area contributed by atoms with Gasteiger partial charge in [0.1, 0.15) is 5.75 Å². The highest BCUT2D eigenvalue weighted by Crippen LogP contribution is 2.29. The SMILES string of the molecule is COc1ccc(CSC(=O)c2cc(Cl)ccc2N=[N+]=[N-])cc1. The minimum absolute atomic E-state index is 0.194. The lowest BCUT2D eigenvalue weighted by molar-refractivity contribution is 0.108. The molecule has 0 amide bonds. The van der Waals surface area contributed by atoms with Crippen LogP contribution in [0.15, 0.2) is 47.6 Å². The number of ether oxygens (including phenoxy) is 1. The fourth-order valence-corrected chi connectivity index (χ4v) is 2.74. The predicted molar refractivity (Wildman–Crippen MR) is 88.9 cm³/mol. The summed E-state index contributed by atoms with van der Waals surface area (Å²) in [6.07, 6.45) is 0. The Hall–Kier alpha value is -2.14. The average molecular weight is 334 g/mol. The van der Waals surface area contributed by atoms with Crippen molar-refractivity contribution in [1.29, 1.82) is 0 Å². The number of rotatable bonds is 5. The van der Waals surface area contributed by atoms with Crippen molar-refractivity contribution < 1.29 is 9.53 Å². The highest BCUT2D eigenvalue weighted by Gasteiger charge is 2.12. The molecule has 22 heavy (non-hydrogen) atoms. The number of halogens is 1. The molecule has 0 heterocycles. The Bertz CT molecular complexity index is 728. The quantitative estimate of drug-likeness (QED) is 0.419. The highest BCUT2D eigenvalue weighted by molar-refractivity contribution is 8.13. The van der Waals surface area contributed by atoms with Gasteiger partial charge in [-0.25, -0.2) is 0 Å². The first-order valence-electron chi connectivity index (χ1n) is 6.28. The third-order valence-corrected chi connectivity index (χ3v) is 4.05. The second-order valence-electron chi connectivity index (χ2n) is 4.28. The molecule has 2 aromatic carbocycles. The van der Waals surface area contributed by atoms with Crippen LogP contribution in [0.5, 0.6) is 5.75 Å². The van der Waals surface area contributed by atoms with Gasteiger partial charge in [0, 0.05) is 26.9 Å². The molecule has 2 rings (SSSR count). The fraction of sp³-hybridized carbons (Fsp3) is 0.133. The number of benzene rings is 2. The van der Waals surface area contributed by atoms with E-state index in [4.69, 9.17) is 21.9 Å². The summed E-state index contributed by atoms with van der Waals surface area (Å²) in [4.78, 5) is 15.0. The number of azide groups is 1. The Morgan fingerprint density at radius 2 is 2.05 bits per heavy atom. The van der Waals surface area contributed by atoms with Gasteiger partial charge in [0.25, 0.3) is 0 Å². The van der Waals surface area contributed by atoms with Gasteiger partial charge in [-0.3, -0.25) is 4.79 Å². The van der Waals surface area contributed by atoms with Crippen LogP contribution in [-0.4, -0.2) is 12.2 Å². The van der Waals surface area contributed by atoms with Crippen LogP contribution in [-0.2, 0) is 5.75 Å². The second-order valence-corrected chi connectivity index (χ2v) is 5.66. The Labute approximate surface area is 136 Å². The van der Waals surface area contributed by atoms with E-state index in [2.05, 4.69) is 10.0 Å². The standard InChI is InChI=1S/C15H12ClN3O2S/c1-21-12-5-2-10(3-6-12)9-22-15(20)13-8-11(16)4-7-14(13)18-19-17/h2-8H,9H2,1H3. The van der Waals surface area contributed by atoms with Gasteiger partial charge < -0.3 is 4.74 Å². The summed E-state index contributed by atoms with van der Waals surface area (Å²) in [5.74, 6) is 1.27. The van der Waals surface area contributed by atoms with E-state index in [1.807, 2.05) is 24.3 Å². The van der Waals surface area contributed by atoms with Gasteiger partial charge in [-0.1, -0.05) is 46.7 Å². The first-order chi connectivity index (χ1) is 10.6. The van der Waals surface area contributed by atoms with E-state index in [0.717, 1.165) is 23.1 Å². The maximum atomic E-state index is 12.3. The van der Waals surface area contributed by atoms with Gasteiger partial charge >= 0.3 is 0 Å². The van der Waals surface area contributed by atoms with Crippen LogP contribution in [0.2, 0.25) is 5.02 Å². The smallest absolute Gasteiger partial charge is 0.220 e. The molecule has 2 aromatic rings. The lowest BCUT2D eigenvalue weighted by Gasteiger charge is -2.06. The summed E-state index contributed by atoms with van der Waals surface area (Å²) in [6.45, 7) is 0. The third kappa shape index (κ3) is 4.18. The van der Waals surface area contributed by atoms with E-state index in [1.165, 1.54) is 12.1 Å². The maximum absolute atomic E-state index is 12.3. The zero-order valence-electron chi connectivity index (χ0n) is 11.7. The van der Waals surface area contributed by atoms with E-state index >= 15 is 0 Å². The van der Waals surface area contributed by atoms with Crippen LogP contribution < -0.4 is 4.74 Å². The predicted octanol–water partition coefficient (Wildman–Crippen LogP) is 5.36. The molecule has 112 valence electrons. The van der Waals surface area contributed by atoms with Crippen LogP contribution >= 0.6 is 23.4 Å². The third-order valence-electron chi connectivity index (χ3n) is 2.86. The molecule has 0 saturated carbocycles. The molecule has 0 saturated heterocycles. The molecular formula is C15H12ClN3O2S. The molecular weight excluding hydrogens is 322 g/mol. The second kappa shape index (κ2) is 7.75. The minimum atomic E-state index is -0.194. The zero-order chi connectivity index (χ0) is 15.9. The van der Waals surface area contributed by atoms with E-state index < -0.39 is 0 Å². The topological polar surface area (TPSA) is 75.1 Å². The van der Waals surface area contributed by atoms with E-state index in [0.29, 0.717) is 16.3 Å². The van der Waals surface area contributed by atoms with Crippen molar-refractivity contribution >= 4 is 34.2 Å². The Balaban J connectivity index is 2.11. The summed E-state index contributed by atoms with van der Waals surface area (Å²) in [5, 5.41) is 3.75. The van der Waals surface area contributed by atoms with Gasteiger partial charge in [-0.05, 0) is 35.4 Å². The normalized spacial score (nSPS) is 9.91. The number of thioether (sulfide) groups is 1. The van der Waals surface area contributed by atoms with Crippen molar-refractivity contribution in [2.24, 2.45) is 5.11 Å². The van der Waals surface area contributed by atoms with E-state index in [9.17, 15) is 4.79 Å². The molecule has 7 heteroatoms. The van der Waals surface area contributed by atoms with Crippen molar-refractivity contribution in [3.63, 3.8) is 0 Å². The largest absolute Gasteiger partial charge is 0.497 e. The van der Waals surface area contributed by atoms with Gasteiger partial charge in [-0.2, -0.15) is 0 Å². The average Bonchev–Trinajstić information content (AvgIpc) is 2.55. The van der Waals surface area contributed by atoms with Crippen LogP contribution in [0.25, 0.3) is 10.4 Å². The molecule has 5 nitrogen and oxygen atoms in total. The van der Waals surface area contributed by atoms with Crippen LogP contribution in [0.4, 0.5) is 5.69 Å². The number of hydrogen-bond donors (Lipinski definition) is 0. The Kier molecular flexibility index (Phi) is 5.72. The van der Waals surface area contributed by atoms with Crippen LogP contribution in [0.1, 0.15) is 15.9 Å². The molecule has 0 aliphatic heterocycles. The number of carbonyl (C=O) groups is 1. The maximum Gasteiger partial charge on any atom is 0.220 e. The number of carbonyl (C=O) groups excluding carboxylic acids is 1. The number of methoxy groups -OCH3 is 1. The van der Waals surface area contributed by atoms with Crippen molar-refractivity contribution in [3.8, 4) is 5.75 Å². The monoisotopic (exact) mass is 333 g/mol. The summed E-state index contributed by atoms with van der Waals surface area (Å²) >= 11 is 7.02.